The first-order valence-electron chi connectivity index (χ1n) is 10.0. The van der Waals surface area contributed by atoms with E-state index in [2.05, 4.69) is 23.2 Å². The van der Waals surface area contributed by atoms with Gasteiger partial charge in [0.25, 0.3) is 0 Å². The summed E-state index contributed by atoms with van der Waals surface area (Å²) in [7, 11) is 0. The molecule has 2 aromatic heterocycles. The molecule has 3 heterocycles. The van der Waals surface area contributed by atoms with Crippen LogP contribution in [0, 0.1) is 0 Å². The highest BCUT2D eigenvalue weighted by Gasteiger charge is 2.25. The van der Waals surface area contributed by atoms with Gasteiger partial charge in [-0.3, -0.25) is 14.8 Å². The minimum atomic E-state index is 0.179. The van der Waals surface area contributed by atoms with E-state index in [4.69, 9.17) is 16.6 Å². The van der Waals surface area contributed by atoms with Crippen molar-refractivity contribution in [3.05, 3.63) is 94.5 Å². The third kappa shape index (κ3) is 5.21. The van der Waals surface area contributed by atoms with Crippen LogP contribution in [0.15, 0.2) is 67.0 Å². The zero-order valence-corrected chi connectivity index (χ0v) is 17.1. The molecule has 0 N–H and O–H groups in total. The second-order valence-corrected chi connectivity index (χ2v) is 8.00. The van der Waals surface area contributed by atoms with Crippen LogP contribution in [0.1, 0.15) is 41.3 Å². The molecule has 4 nitrogen and oxygen atoms in total. The van der Waals surface area contributed by atoms with Crippen LogP contribution in [0.4, 0.5) is 0 Å². The zero-order valence-electron chi connectivity index (χ0n) is 16.3. The SMILES string of the molecule is O=C(Cc1ccncc1)N1CCCC(c2cccc(Cc3ccc(Cl)cc3)n2)C1. The molecular weight excluding hydrogens is 382 g/mol. The van der Waals surface area contributed by atoms with Crippen LogP contribution < -0.4 is 0 Å². The van der Waals surface area contributed by atoms with Crippen LogP contribution in [-0.4, -0.2) is 33.9 Å². The molecule has 1 aliphatic heterocycles. The van der Waals surface area contributed by atoms with Crippen LogP contribution in [0.5, 0.6) is 0 Å². The highest BCUT2D eigenvalue weighted by molar-refractivity contribution is 6.30. The average Bonchev–Trinajstić information content (AvgIpc) is 2.76. The van der Waals surface area contributed by atoms with Crippen LogP contribution in [-0.2, 0) is 17.6 Å². The molecule has 0 spiro atoms. The van der Waals surface area contributed by atoms with Gasteiger partial charge < -0.3 is 4.90 Å². The monoisotopic (exact) mass is 405 g/mol. The highest BCUT2D eigenvalue weighted by Crippen LogP contribution is 2.26. The molecule has 0 saturated carbocycles. The van der Waals surface area contributed by atoms with Crippen molar-refractivity contribution in [2.24, 2.45) is 0 Å². The van der Waals surface area contributed by atoms with Crippen molar-refractivity contribution in [3.8, 4) is 0 Å². The van der Waals surface area contributed by atoms with E-state index < -0.39 is 0 Å². The maximum Gasteiger partial charge on any atom is 0.227 e. The standard InChI is InChI=1S/C24H24ClN3O/c25-21-8-6-18(7-9-21)15-22-4-1-5-23(27-22)20-3-2-14-28(17-20)24(29)16-19-10-12-26-13-11-19/h1,4-13,20H,2-3,14-17H2. The lowest BCUT2D eigenvalue weighted by Crippen LogP contribution is -2.40. The van der Waals surface area contributed by atoms with Gasteiger partial charge in [-0.1, -0.05) is 29.8 Å². The van der Waals surface area contributed by atoms with Gasteiger partial charge in [-0.15, -0.1) is 0 Å². The fraction of sp³-hybridized carbons (Fsp3) is 0.292. The zero-order chi connectivity index (χ0) is 20.1. The van der Waals surface area contributed by atoms with Crippen molar-refractivity contribution in [1.82, 2.24) is 14.9 Å². The summed E-state index contributed by atoms with van der Waals surface area (Å²) < 4.78 is 0. The Morgan fingerprint density at radius 1 is 1.03 bits per heavy atom. The second-order valence-electron chi connectivity index (χ2n) is 7.57. The number of rotatable bonds is 5. The molecule has 1 amide bonds. The summed E-state index contributed by atoms with van der Waals surface area (Å²) >= 11 is 5.98. The number of hydrogen-bond donors (Lipinski definition) is 0. The summed E-state index contributed by atoms with van der Waals surface area (Å²) in [6.07, 6.45) is 6.75. The Hall–Kier alpha value is -2.72. The Balaban J connectivity index is 1.42. The molecule has 0 radical (unpaired) electrons. The van der Waals surface area contributed by atoms with Crippen molar-refractivity contribution >= 4 is 17.5 Å². The molecule has 29 heavy (non-hydrogen) atoms. The van der Waals surface area contributed by atoms with Crippen molar-refractivity contribution < 1.29 is 4.79 Å². The summed E-state index contributed by atoms with van der Waals surface area (Å²) in [6, 6.07) is 17.9. The Labute approximate surface area is 176 Å². The van der Waals surface area contributed by atoms with E-state index >= 15 is 0 Å². The summed E-state index contributed by atoms with van der Waals surface area (Å²) in [4.78, 5) is 23.7. The number of piperidine rings is 1. The van der Waals surface area contributed by atoms with E-state index in [0.717, 1.165) is 54.3 Å². The fourth-order valence-electron chi connectivity index (χ4n) is 3.87. The topological polar surface area (TPSA) is 46.1 Å². The molecule has 3 aromatic rings. The molecule has 1 saturated heterocycles. The average molecular weight is 406 g/mol. The van der Waals surface area contributed by atoms with Crippen molar-refractivity contribution in [3.63, 3.8) is 0 Å². The van der Waals surface area contributed by atoms with Crippen LogP contribution in [0.2, 0.25) is 5.02 Å². The van der Waals surface area contributed by atoms with E-state index in [-0.39, 0.29) is 11.8 Å². The van der Waals surface area contributed by atoms with E-state index in [0.29, 0.717) is 6.42 Å². The minimum Gasteiger partial charge on any atom is -0.342 e. The van der Waals surface area contributed by atoms with Crippen molar-refractivity contribution in [2.75, 3.05) is 13.1 Å². The second kappa shape index (κ2) is 9.19. The number of nitrogens with zero attached hydrogens (tertiary/aromatic N) is 3. The first kappa shape index (κ1) is 19.6. The van der Waals surface area contributed by atoms with Crippen LogP contribution in [0.3, 0.4) is 0 Å². The Morgan fingerprint density at radius 2 is 1.83 bits per heavy atom. The number of likely N-dealkylation sites (tertiary alicyclic amines) is 1. The highest BCUT2D eigenvalue weighted by atomic mass is 35.5. The van der Waals surface area contributed by atoms with Gasteiger partial charge in [0.05, 0.1) is 6.42 Å². The smallest absolute Gasteiger partial charge is 0.227 e. The molecule has 0 aliphatic carbocycles. The lowest BCUT2D eigenvalue weighted by molar-refractivity contribution is -0.131. The van der Waals surface area contributed by atoms with E-state index in [9.17, 15) is 4.79 Å². The summed E-state index contributed by atoms with van der Waals surface area (Å²) in [5, 5.41) is 0.745. The molecular formula is C24H24ClN3O. The molecule has 4 rings (SSSR count). The van der Waals surface area contributed by atoms with E-state index in [1.165, 1.54) is 5.56 Å². The van der Waals surface area contributed by atoms with Gasteiger partial charge in [0.15, 0.2) is 0 Å². The first-order valence-corrected chi connectivity index (χ1v) is 10.4. The maximum atomic E-state index is 12.8. The van der Waals surface area contributed by atoms with Crippen LogP contribution in [0.25, 0.3) is 0 Å². The van der Waals surface area contributed by atoms with Crippen molar-refractivity contribution in [1.29, 1.82) is 0 Å². The Kier molecular flexibility index (Phi) is 6.20. The number of aromatic nitrogens is 2. The number of carbonyl (C=O) groups is 1. The predicted molar refractivity (Wildman–Crippen MR) is 115 cm³/mol. The van der Waals surface area contributed by atoms with Gasteiger partial charge in [-0.2, -0.15) is 0 Å². The van der Waals surface area contributed by atoms with Gasteiger partial charge in [0.1, 0.15) is 0 Å². The first-order chi connectivity index (χ1) is 14.2. The largest absolute Gasteiger partial charge is 0.342 e. The minimum absolute atomic E-state index is 0.179. The van der Waals surface area contributed by atoms with Gasteiger partial charge in [-0.05, 0) is 60.4 Å². The maximum absolute atomic E-state index is 12.8. The Morgan fingerprint density at radius 3 is 2.62 bits per heavy atom. The molecule has 1 fully saturated rings. The summed E-state index contributed by atoms with van der Waals surface area (Å²) in [5.74, 6) is 0.466. The molecule has 5 heteroatoms. The summed E-state index contributed by atoms with van der Waals surface area (Å²) in [6.45, 7) is 1.56. The van der Waals surface area contributed by atoms with E-state index in [1.54, 1.807) is 12.4 Å². The van der Waals surface area contributed by atoms with Gasteiger partial charge in [-0.25, -0.2) is 0 Å². The number of benzene rings is 1. The lowest BCUT2D eigenvalue weighted by Gasteiger charge is -2.32. The molecule has 1 unspecified atom stereocenters. The normalized spacial score (nSPS) is 16.6. The van der Waals surface area contributed by atoms with Gasteiger partial charge in [0, 0.05) is 54.2 Å². The number of hydrogen-bond acceptors (Lipinski definition) is 3. The number of halogens is 1. The fourth-order valence-corrected chi connectivity index (χ4v) is 3.99. The number of amides is 1. The molecule has 1 aliphatic rings. The Bertz CT molecular complexity index is 959. The van der Waals surface area contributed by atoms with Crippen molar-refractivity contribution in [2.45, 2.75) is 31.6 Å². The quantitative estimate of drug-likeness (QED) is 0.619. The molecule has 1 atom stereocenters. The van der Waals surface area contributed by atoms with Gasteiger partial charge in [0.2, 0.25) is 5.91 Å². The molecule has 148 valence electrons. The number of carbonyl (C=O) groups excluding carboxylic acids is 1. The lowest BCUT2D eigenvalue weighted by atomic mass is 9.93. The van der Waals surface area contributed by atoms with Crippen LogP contribution >= 0.6 is 11.6 Å². The molecule has 0 bridgehead atoms. The summed E-state index contributed by atoms with van der Waals surface area (Å²) in [5.41, 5.74) is 4.33. The predicted octanol–water partition coefficient (Wildman–Crippen LogP) is 4.67. The van der Waals surface area contributed by atoms with Gasteiger partial charge >= 0.3 is 0 Å². The number of pyridine rings is 2. The third-order valence-electron chi connectivity index (χ3n) is 5.42. The van der Waals surface area contributed by atoms with E-state index in [1.807, 2.05) is 41.3 Å². The third-order valence-corrected chi connectivity index (χ3v) is 5.68. The molecule has 1 aromatic carbocycles.